The van der Waals surface area contributed by atoms with Crippen molar-refractivity contribution >= 4 is 11.7 Å². The van der Waals surface area contributed by atoms with Crippen molar-refractivity contribution in [1.29, 1.82) is 5.26 Å². The van der Waals surface area contributed by atoms with Crippen LogP contribution in [0.5, 0.6) is 0 Å². The van der Waals surface area contributed by atoms with Crippen molar-refractivity contribution in [3.05, 3.63) is 35.8 Å². The molecule has 2 rings (SSSR count). The number of anilines is 1. The summed E-state index contributed by atoms with van der Waals surface area (Å²) in [6.07, 6.45) is 2.78. The van der Waals surface area contributed by atoms with E-state index in [0.29, 0.717) is 11.4 Å². The number of nitrogens with zero attached hydrogens (tertiary/aromatic N) is 4. The van der Waals surface area contributed by atoms with E-state index < -0.39 is 5.97 Å². The zero-order valence-corrected chi connectivity index (χ0v) is 8.53. The monoisotopic (exact) mass is 229 g/mol. The van der Waals surface area contributed by atoms with Crippen LogP contribution in [0.25, 0.3) is 5.82 Å². The Balaban J connectivity index is 2.50. The largest absolute Gasteiger partial charge is 0.476 e. The molecule has 0 bridgehead atoms. The number of pyridine rings is 1. The average Bonchev–Trinajstić information content (AvgIpc) is 2.71. The standard InChI is InChI=1S/C10H7N5O2/c11-4-6-1-2-13-8(3-6)15-5-7(12)9(14-15)10(16)17/h1-3,5H,12H2,(H,16,17). The minimum atomic E-state index is -1.21. The molecule has 2 heterocycles. The van der Waals surface area contributed by atoms with Gasteiger partial charge >= 0.3 is 5.97 Å². The second kappa shape index (κ2) is 3.94. The van der Waals surface area contributed by atoms with E-state index in [9.17, 15) is 4.79 Å². The summed E-state index contributed by atoms with van der Waals surface area (Å²) in [6, 6.07) is 4.97. The highest BCUT2D eigenvalue weighted by atomic mass is 16.4. The number of rotatable bonds is 2. The summed E-state index contributed by atoms with van der Waals surface area (Å²) in [4.78, 5) is 14.7. The molecule has 0 fully saturated rings. The Morgan fingerprint density at radius 1 is 1.59 bits per heavy atom. The number of carboxylic acids is 1. The van der Waals surface area contributed by atoms with Crippen molar-refractivity contribution < 1.29 is 9.90 Å². The fraction of sp³-hybridized carbons (Fsp3) is 0. The molecular formula is C10H7N5O2. The maximum Gasteiger partial charge on any atom is 0.358 e. The van der Waals surface area contributed by atoms with Crippen molar-refractivity contribution in [1.82, 2.24) is 14.8 Å². The minimum Gasteiger partial charge on any atom is -0.476 e. The third-order valence-electron chi connectivity index (χ3n) is 2.05. The molecule has 2 aromatic heterocycles. The molecule has 0 aliphatic heterocycles. The zero-order valence-electron chi connectivity index (χ0n) is 8.53. The lowest BCUT2D eigenvalue weighted by Gasteiger charge is -1.98. The van der Waals surface area contributed by atoms with Crippen LogP contribution in [0.2, 0.25) is 0 Å². The third-order valence-corrected chi connectivity index (χ3v) is 2.05. The number of nitrogen functional groups attached to an aromatic ring is 1. The second-order valence-electron chi connectivity index (χ2n) is 3.20. The highest BCUT2D eigenvalue weighted by Gasteiger charge is 2.14. The van der Waals surface area contributed by atoms with Gasteiger partial charge in [-0.3, -0.25) is 0 Å². The van der Waals surface area contributed by atoms with E-state index in [-0.39, 0.29) is 11.4 Å². The smallest absolute Gasteiger partial charge is 0.358 e. The number of hydrogen-bond donors (Lipinski definition) is 2. The normalized spacial score (nSPS) is 9.82. The lowest BCUT2D eigenvalue weighted by molar-refractivity contribution is 0.0691. The molecule has 0 saturated carbocycles. The summed E-state index contributed by atoms with van der Waals surface area (Å²) in [7, 11) is 0. The lowest BCUT2D eigenvalue weighted by atomic mass is 10.3. The van der Waals surface area contributed by atoms with Crippen molar-refractivity contribution in [3.8, 4) is 11.9 Å². The molecule has 0 saturated heterocycles. The first-order valence-electron chi connectivity index (χ1n) is 4.57. The van der Waals surface area contributed by atoms with Crippen LogP contribution in [0.1, 0.15) is 16.1 Å². The van der Waals surface area contributed by atoms with Crippen LogP contribution in [0, 0.1) is 11.3 Å². The Morgan fingerprint density at radius 3 is 2.94 bits per heavy atom. The average molecular weight is 229 g/mol. The number of aromatic carboxylic acids is 1. The molecule has 7 nitrogen and oxygen atoms in total. The van der Waals surface area contributed by atoms with Gasteiger partial charge in [0, 0.05) is 12.3 Å². The summed E-state index contributed by atoms with van der Waals surface area (Å²) in [5.74, 6) is -0.874. The van der Waals surface area contributed by atoms with Gasteiger partial charge in [-0.25, -0.2) is 14.5 Å². The van der Waals surface area contributed by atoms with Crippen molar-refractivity contribution in [2.45, 2.75) is 0 Å². The van der Waals surface area contributed by atoms with Gasteiger partial charge in [0.15, 0.2) is 11.5 Å². The van der Waals surface area contributed by atoms with Gasteiger partial charge in [-0.15, -0.1) is 0 Å². The minimum absolute atomic E-state index is 0.0432. The molecule has 2 aromatic rings. The first-order valence-corrected chi connectivity index (χ1v) is 4.57. The van der Waals surface area contributed by atoms with Crippen LogP contribution in [0.15, 0.2) is 24.5 Å². The van der Waals surface area contributed by atoms with Crippen LogP contribution < -0.4 is 5.73 Å². The molecule has 0 radical (unpaired) electrons. The predicted octanol–water partition coefficient (Wildman–Crippen LogP) is 0.419. The number of aromatic nitrogens is 3. The van der Waals surface area contributed by atoms with Crippen LogP contribution in [0.3, 0.4) is 0 Å². The van der Waals surface area contributed by atoms with Crippen molar-refractivity contribution in [2.24, 2.45) is 0 Å². The van der Waals surface area contributed by atoms with Crippen molar-refractivity contribution in [3.63, 3.8) is 0 Å². The summed E-state index contributed by atoms with van der Waals surface area (Å²) in [5, 5.41) is 21.3. The van der Waals surface area contributed by atoms with Gasteiger partial charge < -0.3 is 10.8 Å². The van der Waals surface area contributed by atoms with E-state index in [1.807, 2.05) is 6.07 Å². The SMILES string of the molecule is N#Cc1ccnc(-n2cc(N)c(C(=O)O)n2)c1. The summed E-state index contributed by atoms with van der Waals surface area (Å²) >= 11 is 0. The van der Waals surface area contributed by atoms with Crippen LogP contribution >= 0.6 is 0 Å². The number of carboxylic acid groups (broad SMARTS) is 1. The zero-order chi connectivity index (χ0) is 12.4. The first kappa shape index (κ1) is 10.6. The second-order valence-corrected chi connectivity index (χ2v) is 3.20. The molecule has 0 aromatic carbocycles. The molecule has 0 amide bonds. The molecule has 0 atom stereocenters. The molecule has 7 heteroatoms. The maximum absolute atomic E-state index is 10.8. The molecule has 0 unspecified atom stereocenters. The van der Waals surface area contributed by atoms with E-state index >= 15 is 0 Å². The van der Waals surface area contributed by atoms with Gasteiger partial charge in [0.05, 0.1) is 23.5 Å². The van der Waals surface area contributed by atoms with Gasteiger partial charge in [-0.2, -0.15) is 10.4 Å². The fourth-order valence-corrected chi connectivity index (χ4v) is 1.28. The van der Waals surface area contributed by atoms with Gasteiger partial charge in [0.1, 0.15) is 0 Å². The van der Waals surface area contributed by atoms with E-state index in [4.69, 9.17) is 16.1 Å². The molecule has 0 aliphatic carbocycles. The molecule has 0 spiro atoms. The summed E-state index contributed by atoms with van der Waals surface area (Å²) in [6.45, 7) is 0. The maximum atomic E-state index is 10.8. The van der Waals surface area contributed by atoms with E-state index in [1.54, 1.807) is 0 Å². The topological polar surface area (TPSA) is 118 Å². The van der Waals surface area contributed by atoms with Crippen LogP contribution in [0.4, 0.5) is 5.69 Å². The lowest BCUT2D eigenvalue weighted by Crippen LogP contribution is -2.03. The quantitative estimate of drug-likeness (QED) is 0.770. The predicted molar refractivity (Wildman–Crippen MR) is 57.4 cm³/mol. The number of nitrogens with two attached hydrogens (primary N) is 1. The molecule has 3 N–H and O–H groups in total. The number of hydrogen-bond acceptors (Lipinski definition) is 5. The van der Waals surface area contributed by atoms with Gasteiger partial charge in [0.2, 0.25) is 0 Å². The summed E-state index contributed by atoms with van der Waals surface area (Å²) < 4.78 is 1.22. The van der Waals surface area contributed by atoms with Gasteiger partial charge in [0.25, 0.3) is 0 Å². The molecule has 0 aliphatic rings. The first-order chi connectivity index (χ1) is 8.11. The highest BCUT2D eigenvalue weighted by Crippen LogP contribution is 2.13. The Bertz CT molecular complexity index is 626. The van der Waals surface area contributed by atoms with E-state index in [0.717, 1.165) is 0 Å². The highest BCUT2D eigenvalue weighted by molar-refractivity contribution is 5.91. The molecule has 84 valence electrons. The Hall–Kier alpha value is -2.88. The molecular weight excluding hydrogens is 222 g/mol. The third kappa shape index (κ3) is 1.91. The van der Waals surface area contributed by atoms with Crippen LogP contribution in [-0.2, 0) is 0 Å². The Kier molecular flexibility index (Phi) is 2.46. The van der Waals surface area contributed by atoms with Crippen molar-refractivity contribution in [2.75, 3.05) is 5.73 Å². The summed E-state index contributed by atoms with van der Waals surface area (Å²) in [5.41, 5.74) is 5.70. The van der Waals surface area contributed by atoms with E-state index in [1.165, 1.54) is 29.2 Å². The Morgan fingerprint density at radius 2 is 2.35 bits per heavy atom. The van der Waals surface area contributed by atoms with Gasteiger partial charge in [-0.1, -0.05) is 0 Å². The van der Waals surface area contributed by atoms with E-state index in [2.05, 4.69) is 10.1 Å². The van der Waals surface area contributed by atoms with Gasteiger partial charge in [-0.05, 0) is 6.07 Å². The number of carbonyl (C=O) groups is 1. The molecule has 17 heavy (non-hydrogen) atoms. The fourth-order valence-electron chi connectivity index (χ4n) is 1.28. The number of nitriles is 1. The van der Waals surface area contributed by atoms with Crippen LogP contribution in [-0.4, -0.2) is 25.8 Å². The Labute approximate surface area is 95.7 Å².